The fraction of sp³-hybridized carbons (Fsp3) is 0.105. The maximum absolute atomic E-state index is 5.07. The highest BCUT2D eigenvalue weighted by atomic mass is 14.9. The molecule has 2 nitrogen and oxygen atoms in total. The molecule has 6 rings (SSSR count). The summed E-state index contributed by atoms with van der Waals surface area (Å²) >= 11 is 0. The van der Waals surface area contributed by atoms with Gasteiger partial charge < -0.3 is 0 Å². The lowest BCUT2D eigenvalue weighted by molar-refractivity contribution is 1.18. The Morgan fingerprint density at radius 2 is 0.825 bits per heavy atom. The van der Waals surface area contributed by atoms with Gasteiger partial charge in [-0.2, -0.15) is 0 Å². The molecule has 2 heteroatoms. The predicted octanol–water partition coefficient (Wildman–Crippen LogP) is 10.0. The van der Waals surface area contributed by atoms with Crippen LogP contribution in [0.1, 0.15) is 22.3 Å². The summed E-state index contributed by atoms with van der Waals surface area (Å²) in [4.78, 5) is 10.1. The van der Waals surface area contributed by atoms with Gasteiger partial charge in [0.25, 0.3) is 0 Å². The minimum atomic E-state index is 0.724. The summed E-state index contributed by atoms with van der Waals surface area (Å²) in [6, 6.07) is 43.0. The van der Waals surface area contributed by atoms with Crippen molar-refractivity contribution in [2.45, 2.75) is 27.7 Å². The zero-order chi connectivity index (χ0) is 27.6. The van der Waals surface area contributed by atoms with Crippen molar-refractivity contribution in [1.82, 2.24) is 9.97 Å². The predicted molar refractivity (Wildman–Crippen MR) is 168 cm³/mol. The van der Waals surface area contributed by atoms with Crippen LogP contribution in [0.4, 0.5) is 0 Å². The molecule has 0 aliphatic carbocycles. The molecule has 0 N–H and O–H groups in total. The van der Waals surface area contributed by atoms with E-state index in [0.717, 1.165) is 33.9 Å². The van der Waals surface area contributed by atoms with Crippen LogP contribution in [0.15, 0.2) is 121 Å². The number of rotatable bonds is 5. The van der Waals surface area contributed by atoms with Crippen molar-refractivity contribution in [3.05, 3.63) is 144 Å². The second-order valence-electron chi connectivity index (χ2n) is 10.6. The first-order chi connectivity index (χ1) is 19.4. The Hall–Kier alpha value is -4.82. The lowest BCUT2D eigenvalue weighted by atomic mass is 9.95. The van der Waals surface area contributed by atoms with Gasteiger partial charge in [0, 0.05) is 16.7 Å². The van der Waals surface area contributed by atoms with Crippen molar-refractivity contribution in [2.75, 3.05) is 0 Å². The van der Waals surface area contributed by atoms with Crippen LogP contribution in [-0.4, -0.2) is 9.97 Å². The summed E-state index contributed by atoms with van der Waals surface area (Å²) in [5, 5.41) is 0. The van der Waals surface area contributed by atoms with Crippen LogP contribution in [-0.2, 0) is 0 Å². The second kappa shape index (κ2) is 10.7. The van der Waals surface area contributed by atoms with Gasteiger partial charge in [-0.1, -0.05) is 114 Å². The summed E-state index contributed by atoms with van der Waals surface area (Å²) < 4.78 is 0. The number of benzene rings is 5. The highest BCUT2D eigenvalue weighted by Gasteiger charge is 2.13. The standard InChI is InChI=1S/C38H32N2/c1-25-16-18-27(3)34(20-25)30-12-8-14-32(22-30)36-24-37(40-38(39-36)29-10-6-5-7-11-29)33-15-9-13-31(23-33)35-21-26(2)17-19-28(35)4/h5-24H,1-4H3. The third-order valence-electron chi connectivity index (χ3n) is 7.48. The zero-order valence-corrected chi connectivity index (χ0v) is 23.4. The van der Waals surface area contributed by atoms with E-state index in [1.165, 1.54) is 44.5 Å². The second-order valence-corrected chi connectivity index (χ2v) is 10.6. The van der Waals surface area contributed by atoms with Gasteiger partial charge in [-0.25, -0.2) is 9.97 Å². The molecule has 0 radical (unpaired) electrons. The smallest absolute Gasteiger partial charge is 0.160 e. The quantitative estimate of drug-likeness (QED) is 0.228. The van der Waals surface area contributed by atoms with E-state index in [1.54, 1.807) is 0 Å². The lowest BCUT2D eigenvalue weighted by Gasteiger charge is -2.13. The molecule has 6 aromatic rings. The van der Waals surface area contributed by atoms with Gasteiger partial charge in [-0.15, -0.1) is 0 Å². The van der Waals surface area contributed by atoms with E-state index in [0.29, 0.717) is 0 Å². The number of hydrogen-bond donors (Lipinski definition) is 0. The van der Waals surface area contributed by atoms with Crippen LogP contribution >= 0.6 is 0 Å². The largest absolute Gasteiger partial charge is 0.228 e. The Morgan fingerprint density at radius 1 is 0.375 bits per heavy atom. The van der Waals surface area contributed by atoms with Crippen molar-refractivity contribution >= 4 is 0 Å². The first-order valence-corrected chi connectivity index (χ1v) is 13.8. The highest BCUT2D eigenvalue weighted by Crippen LogP contribution is 2.33. The molecule has 5 aromatic carbocycles. The van der Waals surface area contributed by atoms with Gasteiger partial charge in [0.2, 0.25) is 0 Å². The van der Waals surface area contributed by atoms with Gasteiger partial charge in [0.1, 0.15) is 0 Å². The molecule has 0 saturated heterocycles. The Morgan fingerprint density at radius 3 is 1.32 bits per heavy atom. The maximum Gasteiger partial charge on any atom is 0.160 e. The maximum atomic E-state index is 5.07. The number of aryl methyl sites for hydroxylation is 4. The minimum absolute atomic E-state index is 0.724. The van der Waals surface area contributed by atoms with Crippen molar-refractivity contribution in [2.24, 2.45) is 0 Å². The van der Waals surface area contributed by atoms with Crippen LogP contribution in [0.25, 0.3) is 56.2 Å². The van der Waals surface area contributed by atoms with Crippen molar-refractivity contribution in [3.8, 4) is 56.2 Å². The number of aromatic nitrogens is 2. The van der Waals surface area contributed by atoms with Crippen LogP contribution < -0.4 is 0 Å². The van der Waals surface area contributed by atoms with E-state index in [2.05, 4.69) is 131 Å². The molecule has 1 heterocycles. The summed E-state index contributed by atoms with van der Waals surface area (Å²) in [6.07, 6.45) is 0. The molecular weight excluding hydrogens is 484 g/mol. The molecule has 0 fully saturated rings. The molecule has 0 atom stereocenters. The van der Waals surface area contributed by atoms with Crippen LogP contribution in [0.5, 0.6) is 0 Å². The lowest BCUT2D eigenvalue weighted by Crippen LogP contribution is -1.96. The molecule has 0 aliphatic rings. The summed E-state index contributed by atoms with van der Waals surface area (Å²) in [7, 11) is 0. The minimum Gasteiger partial charge on any atom is -0.228 e. The molecular formula is C38H32N2. The SMILES string of the molecule is Cc1ccc(C)c(-c2cccc(-c3cc(-c4cccc(-c5cc(C)ccc5C)c4)nc(-c4ccccc4)n3)c2)c1. The fourth-order valence-electron chi connectivity index (χ4n) is 5.25. The summed E-state index contributed by atoms with van der Waals surface area (Å²) in [5.41, 5.74) is 14.9. The molecule has 40 heavy (non-hydrogen) atoms. The topological polar surface area (TPSA) is 25.8 Å². The van der Waals surface area contributed by atoms with Gasteiger partial charge >= 0.3 is 0 Å². The highest BCUT2D eigenvalue weighted by molar-refractivity contribution is 5.79. The molecule has 0 bridgehead atoms. The average molecular weight is 517 g/mol. The first kappa shape index (κ1) is 25.5. The molecule has 0 spiro atoms. The Kier molecular flexibility index (Phi) is 6.84. The van der Waals surface area contributed by atoms with Crippen molar-refractivity contribution in [1.29, 1.82) is 0 Å². The van der Waals surface area contributed by atoms with E-state index in [-0.39, 0.29) is 0 Å². The van der Waals surface area contributed by atoms with Crippen LogP contribution in [0, 0.1) is 27.7 Å². The normalized spacial score (nSPS) is 11.0. The Labute approximate surface area is 237 Å². The summed E-state index contributed by atoms with van der Waals surface area (Å²) in [6.45, 7) is 8.62. The van der Waals surface area contributed by atoms with E-state index >= 15 is 0 Å². The van der Waals surface area contributed by atoms with Gasteiger partial charge in [0.05, 0.1) is 11.4 Å². The zero-order valence-electron chi connectivity index (χ0n) is 23.4. The molecule has 0 amide bonds. The van der Waals surface area contributed by atoms with Crippen LogP contribution in [0.3, 0.4) is 0 Å². The Balaban J connectivity index is 1.51. The fourth-order valence-corrected chi connectivity index (χ4v) is 5.25. The van der Waals surface area contributed by atoms with Gasteiger partial charge in [0.15, 0.2) is 5.82 Å². The molecule has 0 unspecified atom stereocenters. The van der Waals surface area contributed by atoms with Crippen LogP contribution in [0.2, 0.25) is 0 Å². The van der Waals surface area contributed by atoms with E-state index in [1.807, 2.05) is 18.2 Å². The average Bonchev–Trinajstić information content (AvgIpc) is 3.00. The third-order valence-corrected chi connectivity index (χ3v) is 7.48. The molecule has 194 valence electrons. The summed E-state index contributed by atoms with van der Waals surface area (Å²) in [5.74, 6) is 0.724. The van der Waals surface area contributed by atoms with Gasteiger partial charge in [-0.05, 0) is 79.3 Å². The van der Waals surface area contributed by atoms with Gasteiger partial charge in [-0.3, -0.25) is 0 Å². The molecule has 1 aromatic heterocycles. The number of nitrogens with zero attached hydrogens (tertiary/aromatic N) is 2. The molecule has 0 aliphatic heterocycles. The van der Waals surface area contributed by atoms with Crippen molar-refractivity contribution < 1.29 is 0 Å². The number of hydrogen-bond acceptors (Lipinski definition) is 2. The molecule has 0 saturated carbocycles. The first-order valence-electron chi connectivity index (χ1n) is 13.8. The monoisotopic (exact) mass is 516 g/mol. The van der Waals surface area contributed by atoms with Crippen molar-refractivity contribution in [3.63, 3.8) is 0 Å². The third kappa shape index (κ3) is 5.21. The van der Waals surface area contributed by atoms with E-state index < -0.39 is 0 Å². The Bertz CT molecular complexity index is 1720. The van der Waals surface area contributed by atoms with E-state index in [4.69, 9.17) is 9.97 Å². The van der Waals surface area contributed by atoms with E-state index in [9.17, 15) is 0 Å².